The molecule has 0 aliphatic heterocycles. The van der Waals surface area contributed by atoms with E-state index in [1.807, 2.05) is 36.7 Å². The zero-order chi connectivity index (χ0) is 17.8. The van der Waals surface area contributed by atoms with Crippen LogP contribution in [0.5, 0.6) is 0 Å². The van der Waals surface area contributed by atoms with Gasteiger partial charge in [-0.25, -0.2) is 9.97 Å². The first-order chi connectivity index (χ1) is 12.2. The molecule has 0 atom stereocenters. The third kappa shape index (κ3) is 3.42. The molecule has 3 aromatic rings. The second-order valence-corrected chi connectivity index (χ2v) is 5.87. The molecule has 25 heavy (non-hydrogen) atoms. The maximum Gasteiger partial charge on any atom is 0.270 e. The number of hydrogen-bond acceptors (Lipinski definition) is 4. The average Bonchev–Trinajstić information content (AvgIpc) is 3.09. The van der Waals surface area contributed by atoms with Gasteiger partial charge in [-0.15, -0.1) is 0 Å². The Morgan fingerprint density at radius 2 is 2.00 bits per heavy atom. The number of pyridine rings is 2. The normalized spacial score (nSPS) is 11.0. The van der Waals surface area contributed by atoms with Crippen molar-refractivity contribution in [2.75, 3.05) is 0 Å². The molecule has 6 heteroatoms. The van der Waals surface area contributed by atoms with Crippen molar-refractivity contribution in [2.24, 2.45) is 0 Å². The van der Waals surface area contributed by atoms with Crippen LogP contribution in [-0.4, -0.2) is 32.8 Å². The minimum absolute atomic E-state index is 0.161. The van der Waals surface area contributed by atoms with Crippen LogP contribution >= 0.6 is 0 Å². The zero-order valence-electron chi connectivity index (χ0n) is 14.3. The summed E-state index contributed by atoms with van der Waals surface area (Å²) in [6.45, 7) is 4.09. The van der Waals surface area contributed by atoms with E-state index in [1.54, 1.807) is 18.3 Å². The molecule has 0 unspecified atom stereocenters. The first-order valence-corrected chi connectivity index (χ1v) is 8.35. The van der Waals surface area contributed by atoms with Crippen LogP contribution in [0, 0.1) is 0 Å². The molecular weight excluding hydrogens is 316 g/mol. The molecule has 0 aliphatic rings. The SMILES string of the molecule is CCC(CC)NC(=O)c1ccc(-n2ccc3cc(C=O)cnc32)cn1. The summed E-state index contributed by atoms with van der Waals surface area (Å²) in [5.41, 5.74) is 2.47. The van der Waals surface area contributed by atoms with E-state index >= 15 is 0 Å². The van der Waals surface area contributed by atoms with Gasteiger partial charge in [0.05, 0.1) is 11.9 Å². The predicted molar refractivity (Wildman–Crippen MR) is 96.1 cm³/mol. The van der Waals surface area contributed by atoms with Gasteiger partial charge in [0.25, 0.3) is 5.91 Å². The van der Waals surface area contributed by atoms with Crippen molar-refractivity contribution >= 4 is 23.2 Å². The molecule has 0 bridgehead atoms. The number of nitrogens with zero attached hydrogens (tertiary/aromatic N) is 3. The molecule has 0 fully saturated rings. The van der Waals surface area contributed by atoms with Crippen molar-refractivity contribution in [3.05, 3.63) is 54.1 Å². The van der Waals surface area contributed by atoms with Crippen LogP contribution < -0.4 is 5.32 Å². The maximum absolute atomic E-state index is 12.2. The first kappa shape index (κ1) is 16.8. The number of carbonyl (C=O) groups is 2. The fourth-order valence-corrected chi connectivity index (χ4v) is 2.73. The minimum atomic E-state index is -0.161. The Bertz CT molecular complexity index is 895. The molecule has 6 nitrogen and oxygen atoms in total. The lowest BCUT2D eigenvalue weighted by atomic mass is 10.1. The molecule has 0 spiro atoms. The van der Waals surface area contributed by atoms with Gasteiger partial charge in [0, 0.05) is 29.4 Å². The van der Waals surface area contributed by atoms with Crippen molar-refractivity contribution in [1.82, 2.24) is 19.9 Å². The van der Waals surface area contributed by atoms with Crippen LogP contribution in [0.3, 0.4) is 0 Å². The van der Waals surface area contributed by atoms with Gasteiger partial charge < -0.3 is 5.32 Å². The molecule has 0 saturated heterocycles. The van der Waals surface area contributed by atoms with E-state index < -0.39 is 0 Å². The number of rotatable bonds is 6. The van der Waals surface area contributed by atoms with Crippen LogP contribution in [0.4, 0.5) is 0 Å². The van der Waals surface area contributed by atoms with Crippen LogP contribution in [0.25, 0.3) is 16.7 Å². The Morgan fingerprint density at radius 3 is 2.64 bits per heavy atom. The van der Waals surface area contributed by atoms with E-state index in [1.165, 1.54) is 6.20 Å². The lowest BCUT2D eigenvalue weighted by molar-refractivity contribution is 0.0929. The number of aromatic nitrogens is 3. The molecule has 3 aromatic heterocycles. The van der Waals surface area contributed by atoms with Gasteiger partial charge in [0.2, 0.25) is 0 Å². The monoisotopic (exact) mass is 336 g/mol. The molecule has 0 radical (unpaired) electrons. The maximum atomic E-state index is 12.2. The summed E-state index contributed by atoms with van der Waals surface area (Å²) in [6.07, 6.45) is 7.62. The van der Waals surface area contributed by atoms with Gasteiger partial charge in [-0.05, 0) is 37.1 Å². The summed E-state index contributed by atoms with van der Waals surface area (Å²) in [6, 6.07) is 7.39. The Balaban J connectivity index is 1.85. The van der Waals surface area contributed by atoms with Crippen molar-refractivity contribution < 1.29 is 9.59 Å². The Hall–Kier alpha value is -3.02. The van der Waals surface area contributed by atoms with E-state index in [2.05, 4.69) is 15.3 Å². The van der Waals surface area contributed by atoms with E-state index in [4.69, 9.17) is 0 Å². The van der Waals surface area contributed by atoms with Crippen molar-refractivity contribution in [3.63, 3.8) is 0 Å². The Labute approximate surface area is 145 Å². The summed E-state index contributed by atoms with van der Waals surface area (Å²) >= 11 is 0. The third-order valence-corrected chi connectivity index (χ3v) is 4.26. The molecular formula is C19H20N4O2. The first-order valence-electron chi connectivity index (χ1n) is 8.35. The highest BCUT2D eigenvalue weighted by Crippen LogP contribution is 2.19. The lowest BCUT2D eigenvalue weighted by Gasteiger charge is -2.14. The van der Waals surface area contributed by atoms with Gasteiger partial charge in [0.1, 0.15) is 11.3 Å². The fraction of sp³-hybridized carbons (Fsp3) is 0.263. The largest absolute Gasteiger partial charge is 0.348 e. The molecule has 0 aliphatic carbocycles. The molecule has 0 saturated carbocycles. The predicted octanol–water partition coefficient (Wildman–Crippen LogP) is 3.15. The second-order valence-electron chi connectivity index (χ2n) is 5.87. The molecule has 128 valence electrons. The summed E-state index contributed by atoms with van der Waals surface area (Å²) < 4.78 is 1.87. The summed E-state index contributed by atoms with van der Waals surface area (Å²) in [5, 5.41) is 3.85. The Morgan fingerprint density at radius 1 is 1.20 bits per heavy atom. The second kappa shape index (κ2) is 7.25. The molecule has 3 heterocycles. The molecule has 1 N–H and O–H groups in total. The van der Waals surface area contributed by atoms with Crippen LogP contribution in [-0.2, 0) is 0 Å². The summed E-state index contributed by atoms with van der Waals surface area (Å²) in [5.74, 6) is -0.161. The van der Waals surface area contributed by atoms with Crippen LogP contribution in [0.2, 0.25) is 0 Å². The summed E-state index contributed by atoms with van der Waals surface area (Å²) in [4.78, 5) is 31.7. The standard InChI is InChI=1S/C19H20N4O2/c1-3-15(4-2)22-19(25)17-6-5-16(11-20-17)23-8-7-14-9-13(12-24)10-21-18(14)23/h5-12,15H,3-4H2,1-2H3,(H,22,25). The summed E-state index contributed by atoms with van der Waals surface area (Å²) in [7, 11) is 0. The third-order valence-electron chi connectivity index (χ3n) is 4.26. The number of hydrogen-bond donors (Lipinski definition) is 1. The van der Waals surface area contributed by atoms with Crippen molar-refractivity contribution in [3.8, 4) is 5.69 Å². The number of fused-ring (bicyclic) bond motifs is 1. The highest BCUT2D eigenvalue weighted by atomic mass is 16.2. The van der Waals surface area contributed by atoms with E-state index in [-0.39, 0.29) is 11.9 Å². The quantitative estimate of drug-likeness (QED) is 0.702. The van der Waals surface area contributed by atoms with Gasteiger partial charge in [0.15, 0.2) is 6.29 Å². The van der Waals surface area contributed by atoms with Crippen molar-refractivity contribution in [1.29, 1.82) is 0 Å². The van der Waals surface area contributed by atoms with Gasteiger partial charge in [-0.3, -0.25) is 14.2 Å². The van der Waals surface area contributed by atoms with Crippen LogP contribution in [0.1, 0.15) is 47.5 Å². The minimum Gasteiger partial charge on any atom is -0.348 e. The van der Waals surface area contributed by atoms with Gasteiger partial charge >= 0.3 is 0 Å². The van der Waals surface area contributed by atoms with Gasteiger partial charge in [-0.1, -0.05) is 13.8 Å². The van der Waals surface area contributed by atoms with E-state index in [0.29, 0.717) is 11.3 Å². The van der Waals surface area contributed by atoms with Crippen molar-refractivity contribution in [2.45, 2.75) is 32.7 Å². The number of amides is 1. The average molecular weight is 336 g/mol. The lowest BCUT2D eigenvalue weighted by Crippen LogP contribution is -2.34. The smallest absolute Gasteiger partial charge is 0.270 e. The Kier molecular flexibility index (Phi) is 4.88. The highest BCUT2D eigenvalue weighted by Gasteiger charge is 2.12. The topological polar surface area (TPSA) is 76.9 Å². The fourth-order valence-electron chi connectivity index (χ4n) is 2.73. The van der Waals surface area contributed by atoms with Gasteiger partial charge in [-0.2, -0.15) is 0 Å². The molecule has 1 amide bonds. The zero-order valence-corrected chi connectivity index (χ0v) is 14.3. The molecule has 0 aromatic carbocycles. The van der Waals surface area contributed by atoms with E-state index in [9.17, 15) is 9.59 Å². The number of carbonyl (C=O) groups excluding carboxylic acids is 2. The van der Waals surface area contributed by atoms with Crippen LogP contribution in [0.15, 0.2) is 42.9 Å². The number of nitrogens with one attached hydrogen (secondary N) is 1. The highest BCUT2D eigenvalue weighted by molar-refractivity contribution is 5.92. The van der Waals surface area contributed by atoms with E-state index in [0.717, 1.165) is 35.8 Å². The molecule has 3 rings (SSSR count). The number of aldehydes is 1.